The fraction of sp³-hybridized carbons (Fsp3) is 0.909. The predicted octanol–water partition coefficient (Wildman–Crippen LogP) is 2.73. The number of hydrogen-bond donors (Lipinski definition) is 0. The molecule has 0 aromatic heterocycles. The topological polar surface area (TPSA) is 26.3 Å². The van der Waals surface area contributed by atoms with Crippen LogP contribution in [0.2, 0.25) is 0 Å². The van der Waals surface area contributed by atoms with Crippen LogP contribution in [0.4, 0.5) is 0 Å². The molecule has 0 fully saturated rings. The van der Waals surface area contributed by atoms with Gasteiger partial charge in [0.25, 0.3) is 0 Å². The molecule has 2 radical (unpaired) electrons. The number of rotatable bonds is 7. The van der Waals surface area contributed by atoms with Crippen LogP contribution in [0.3, 0.4) is 0 Å². The zero-order valence-corrected chi connectivity index (χ0v) is 12.9. The minimum absolute atomic E-state index is 0.0467. The predicted molar refractivity (Wildman–Crippen MR) is 60.4 cm³/mol. The average molecular weight is 305 g/mol. The summed E-state index contributed by atoms with van der Waals surface area (Å²) in [4.78, 5) is 11.8. The Kier molecular flexibility index (Phi) is 7.69. The van der Waals surface area contributed by atoms with Gasteiger partial charge >= 0.3 is 101 Å². The molecule has 0 aliphatic carbocycles. The van der Waals surface area contributed by atoms with Crippen LogP contribution < -0.4 is 0 Å². The molecule has 0 heterocycles. The summed E-state index contributed by atoms with van der Waals surface area (Å²) in [5.74, 6) is 0.0467. The van der Waals surface area contributed by atoms with Crippen LogP contribution in [0.1, 0.15) is 59.3 Å². The number of carbonyl (C=O) groups is 1. The van der Waals surface area contributed by atoms with E-state index in [0.29, 0.717) is 22.9 Å². The molecule has 0 atom stereocenters. The Morgan fingerprint density at radius 1 is 1.07 bits per heavy atom. The molecule has 0 aromatic rings. The first-order valence-corrected chi connectivity index (χ1v) is 6.92. The molecule has 0 aliphatic heterocycles. The Balaban J connectivity index is 4.62. The van der Waals surface area contributed by atoms with Gasteiger partial charge in [-0.15, -0.1) is 0 Å². The van der Waals surface area contributed by atoms with Crippen molar-refractivity contribution in [2.75, 3.05) is 0 Å². The summed E-state index contributed by atoms with van der Waals surface area (Å²) in [6.45, 7) is 6.42. The molecule has 3 heteroatoms. The fourth-order valence-electron chi connectivity index (χ4n) is 2.24. The van der Waals surface area contributed by atoms with Gasteiger partial charge in [-0.2, -0.15) is 0 Å². The van der Waals surface area contributed by atoms with Gasteiger partial charge in [0, 0.05) is 0 Å². The molecule has 0 unspecified atom stereocenters. The standard InChI is InChI=1S/C11H22O2.Sn.H/c1-4-7-11(8-5-2,9-6-3)10(12)13;;/h4-9H2,1-3H3,(H,12,13);;/q;+1;/p-1. The van der Waals surface area contributed by atoms with Gasteiger partial charge in [-0.05, 0) is 0 Å². The van der Waals surface area contributed by atoms with Crippen molar-refractivity contribution in [2.24, 2.45) is 5.41 Å². The van der Waals surface area contributed by atoms with Crippen LogP contribution in [-0.2, 0) is 7.87 Å². The van der Waals surface area contributed by atoms with Crippen molar-refractivity contribution >= 4 is 28.9 Å². The molecule has 0 bridgehead atoms. The second-order valence-electron chi connectivity index (χ2n) is 3.94. The third-order valence-electron chi connectivity index (χ3n) is 2.73. The van der Waals surface area contributed by atoms with E-state index < -0.39 is 0 Å². The minimum atomic E-state index is -0.169. The van der Waals surface area contributed by atoms with Crippen LogP contribution in [0, 0.1) is 5.41 Å². The molecular weight excluding hydrogens is 283 g/mol. The second-order valence-corrected chi connectivity index (χ2v) is 4.61. The van der Waals surface area contributed by atoms with Crippen molar-refractivity contribution < 1.29 is 7.87 Å². The Morgan fingerprint density at radius 2 is 1.43 bits per heavy atom. The van der Waals surface area contributed by atoms with Gasteiger partial charge in [0.05, 0.1) is 0 Å². The summed E-state index contributed by atoms with van der Waals surface area (Å²) in [5, 5.41) is 0. The summed E-state index contributed by atoms with van der Waals surface area (Å²) in [5.41, 5.74) is -0.169. The van der Waals surface area contributed by atoms with Crippen molar-refractivity contribution in [3.8, 4) is 0 Å². The molecule has 0 rings (SSSR count). The van der Waals surface area contributed by atoms with Gasteiger partial charge in [0.1, 0.15) is 0 Å². The monoisotopic (exact) mass is 306 g/mol. The van der Waals surface area contributed by atoms with Gasteiger partial charge in [-0.3, -0.25) is 0 Å². The molecule has 0 saturated heterocycles. The van der Waals surface area contributed by atoms with Gasteiger partial charge in [0.2, 0.25) is 0 Å². The molecule has 0 spiro atoms. The zero-order chi connectivity index (χ0) is 11.0. The second kappa shape index (κ2) is 7.55. The molecule has 0 aromatic carbocycles. The van der Waals surface area contributed by atoms with Gasteiger partial charge in [0.15, 0.2) is 0 Å². The quantitative estimate of drug-likeness (QED) is 0.676. The van der Waals surface area contributed by atoms with Crippen molar-refractivity contribution in [3.63, 3.8) is 0 Å². The average Bonchev–Trinajstić information content (AvgIpc) is 2.17. The molecule has 14 heavy (non-hydrogen) atoms. The van der Waals surface area contributed by atoms with Crippen molar-refractivity contribution in [1.82, 2.24) is 0 Å². The summed E-state index contributed by atoms with van der Waals surface area (Å²) in [6, 6.07) is 0. The first kappa shape index (κ1) is 14.3. The summed E-state index contributed by atoms with van der Waals surface area (Å²) in [6.07, 6.45) is 6.14. The maximum absolute atomic E-state index is 11.8. The molecule has 82 valence electrons. The molecule has 0 aliphatic rings. The Bertz CT molecular complexity index is 152. The van der Waals surface area contributed by atoms with Crippen molar-refractivity contribution in [3.05, 3.63) is 0 Å². The van der Waals surface area contributed by atoms with E-state index in [1.54, 1.807) is 0 Å². The van der Waals surface area contributed by atoms with E-state index in [2.05, 4.69) is 20.8 Å². The first-order chi connectivity index (χ1) is 6.66. The molecule has 0 amide bonds. The summed E-state index contributed by atoms with van der Waals surface area (Å²) >= 11 is 0.588. The Hall–Kier alpha value is 0.269. The van der Waals surface area contributed by atoms with E-state index in [4.69, 9.17) is 3.07 Å². The van der Waals surface area contributed by atoms with E-state index in [1.807, 2.05) is 0 Å². The van der Waals surface area contributed by atoms with E-state index >= 15 is 0 Å². The van der Waals surface area contributed by atoms with Gasteiger partial charge in [-0.1, -0.05) is 0 Å². The van der Waals surface area contributed by atoms with Crippen LogP contribution in [-0.4, -0.2) is 28.9 Å². The Labute approximate surface area is 101 Å². The van der Waals surface area contributed by atoms with Crippen molar-refractivity contribution in [1.29, 1.82) is 0 Å². The van der Waals surface area contributed by atoms with Gasteiger partial charge in [-0.25, -0.2) is 0 Å². The van der Waals surface area contributed by atoms with Crippen molar-refractivity contribution in [2.45, 2.75) is 59.3 Å². The van der Waals surface area contributed by atoms with E-state index in [-0.39, 0.29) is 11.4 Å². The fourth-order valence-corrected chi connectivity index (χ4v) is 2.96. The van der Waals surface area contributed by atoms with E-state index in [9.17, 15) is 4.79 Å². The SMILES string of the molecule is CCCC(CCC)(CCC)C(=O)[O][SnH]. The molecule has 0 saturated carbocycles. The van der Waals surface area contributed by atoms with E-state index in [1.165, 1.54) is 0 Å². The molecule has 0 N–H and O–H groups in total. The van der Waals surface area contributed by atoms with Crippen LogP contribution in [0.25, 0.3) is 0 Å². The summed E-state index contributed by atoms with van der Waals surface area (Å²) < 4.78 is 5.06. The molecular formula is C11H22O2Sn. The maximum atomic E-state index is 11.8. The normalized spacial score (nSPS) is 11.4. The first-order valence-electron chi connectivity index (χ1n) is 5.58. The van der Waals surface area contributed by atoms with Crippen LogP contribution in [0.5, 0.6) is 0 Å². The zero-order valence-electron chi connectivity index (χ0n) is 9.64. The third kappa shape index (κ3) is 3.79. The Morgan fingerprint density at radius 3 is 1.64 bits per heavy atom. The third-order valence-corrected chi connectivity index (χ3v) is 3.34. The number of carbonyl (C=O) groups excluding carboxylic acids is 1. The van der Waals surface area contributed by atoms with E-state index in [0.717, 1.165) is 38.5 Å². The number of hydrogen-bond acceptors (Lipinski definition) is 2. The van der Waals surface area contributed by atoms with Crippen LogP contribution in [0.15, 0.2) is 0 Å². The molecule has 2 nitrogen and oxygen atoms in total. The van der Waals surface area contributed by atoms with Gasteiger partial charge < -0.3 is 0 Å². The summed E-state index contributed by atoms with van der Waals surface area (Å²) in [7, 11) is 0. The van der Waals surface area contributed by atoms with Crippen LogP contribution >= 0.6 is 0 Å².